The first-order valence-corrected chi connectivity index (χ1v) is 5.60. The summed E-state index contributed by atoms with van der Waals surface area (Å²) in [6.45, 7) is 0.328. The topological polar surface area (TPSA) is 75.3 Å². The third kappa shape index (κ3) is 2.98. The lowest BCUT2D eigenvalue weighted by Gasteiger charge is -2.07. The van der Waals surface area contributed by atoms with Crippen molar-refractivity contribution < 1.29 is 10.0 Å². The monoisotopic (exact) mass is 264 g/mol. The Kier molecular flexibility index (Phi) is 3.81. The molecule has 18 heavy (non-hydrogen) atoms. The molecule has 92 valence electrons. The molecule has 0 radical (unpaired) electrons. The molecule has 2 aromatic heterocycles. The number of nitrogens with zero attached hydrogens (tertiary/aromatic N) is 2. The minimum atomic E-state index is -1.64. The fourth-order valence-electron chi connectivity index (χ4n) is 1.55. The summed E-state index contributed by atoms with van der Waals surface area (Å²) < 4.78 is 1.43. The molecule has 2 heterocycles. The van der Waals surface area contributed by atoms with Crippen molar-refractivity contribution in [3.8, 4) is 0 Å². The molecule has 0 aromatic carbocycles. The van der Waals surface area contributed by atoms with Crippen molar-refractivity contribution in [1.29, 1.82) is 0 Å². The Labute approximate surface area is 108 Å². The lowest BCUT2D eigenvalue weighted by molar-refractivity contribution is 0.425. The first-order valence-electron chi connectivity index (χ1n) is 5.22. The molecule has 0 unspecified atom stereocenters. The van der Waals surface area contributed by atoms with Crippen molar-refractivity contribution in [1.82, 2.24) is 9.55 Å². The second-order valence-corrected chi connectivity index (χ2v) is 4.25. The van der Waals surface area contributed by atoms with Crippen LogP contribution in [-0.2, 0) is 6.54 Å². The molecule has 0 amide bonds. The number of hydrogen-bond donors (Lipinski definition) is 2. The molecule has 0 aliphatic rings. The van der Waals surface area contributed by atoms with E-state index in [-0.39, 0.29) is 11.0 Å². The normalized spacial score (nSPS) is 10.4. The molecule has 2 N–H and O–H groups in total. The fourth-order valence-corrected chi connectivity index (χ4v) is 1.75. The van der Waals surface area contributed by atoms with Gasteiger partial charge in [0.25, 0.3) is 0 Å². The predicted molar refractivity (Wildman–Crippen MR) is 68.9 cm³/mol. The summed E-state index contributed by atoms with van der Waals surface area (Å²) in [7, 11) is -1.64. The summed E-state index contributed by atoms with van der Waals surface area (Å²) in [5.41, 5.74) is 0.642. The molecule has 0 saturated heterocycles. The molecule has 7 heteroatoms. The van der Waals surface area contributed by atoms with Crippen LogP contribution in [0.25, 0.3) is 0 Å². The van der Waals surface area contributed by atoms with E-state index in [4.69, 9.17) is 21.6 Å². The number of pyridine rings is 2. The third-order valence-corrected chi connectivity index (χ3v) is 2.64. The van der Waals surface area contributed by atoms with Gasteiger partial charge in [0.2, 0.25) is 5.56 Å². The Morgan fingerprint density at radius 2 is 2.11 bits per heavy atom. The minimum Gasteiger partial charge on any atom is -0.423 e. The van der Waals surface area contributed by atoms with Gasteiger partial charge in [0.1, 0.15) is 0 Å². The minimum absolute atomic E-state index is 0.167. The highest BCUT2D eigenvalue weighted by molar-refractivity contribution is 6.58. The van der Waals surface area contributed by atoms with E-state index in [0.717, 1.165) is 5.56 Å². The highest BCUT2D eigenvalue weighted by Crippen LogP contribution is 2.08. The molecular weight excluding hydrogens is 254 g/mol. The lowest BCUT2D eigenvalue weighted by atomic mass is 9.81. The molecule has 2 rings (SSSR count). The van der Waals surface area contributed by atoms with Gasteiger partial charge in [-0.1, -0.05) is 11.6 Å². The third-order valence-electron chi connectivity index (χ3n) is 2.43. The van der Waals surface area contributed by atoms with Crippen molar-refractivity contribution in [2.45, 2.75) is 6.54 Å². The number of aromatic nitrogens is 2. The Hall–Kier alpha value is -1.63. The zero-order chi connectivity index (χ0) is 13.1. The molecule has 5 nitrogen and oxygen atoms in total. The van der Waals surface area contributed by atoms with Gasteiger partial charge in [0.15, 0.2) is 0 Å². The first-order chi connectivity index (χ1) is 8.56. The van der Waals surface area contributed by atoms with E-state index in [0.29, 0.717) is 11.6 Å². The highest BCUT2D eigenvalue weighted by Gasteiger charge is 2.11. The molecule has 2 aromatic rings. The van der Waals surface area contributed by atoms with Gasteiger partial charge in [-0.05, 0) is 23.2 Å². The Balaban J connectivity index is 2.28. The van der Waals surface area contributed by atoms with Gasteiger partial charge in [-0.3, -0.25) is 9.78 Å². The number of rotatable bonds is 3. The molecule has 0 fully saturated rings. The summed E-state index contributed by atoms with van der Waals surface area (Å²) in [5.74, 6) is 0. The van der Waals surface area contributed by atoms with E-state index in [2.05, 4.69) is 4.98 Å². The molecule has 0 atom stereocenters. The van der Waals surface area contributed by atoms with Crippen molar-refractivity contribution in [2.24, 2.45) is 0 Å². The van der Waals surface area contributed by atoms with Gasteiger partial charge in [-0.15, -0.1) is 0 Å². The lowest BCUT2D eigenvalue weighted by Crippen LogP contribution is -2.35. The van der Waals surface area contributed by atoms with Crippen LogP contribution >= 0.6 is 11.6 Å². The van der Waals surface area contributed by atoms with Crippen molar-refractivity contribution in [3.63, 3.8) is 0 Å². The zero-order valence-corrected chi connectivity index (χ0v) is 10.1. The van der Waals surface area contributed by atoms with E-state index in [9.17, 15) is 4.79 Å². The Bertz CT molecular complexity index is 615. The van der Waals surface area contributed by atoms with Crippen LogP contribution in [0.5, 0.6) is 0 Å². The van der Waals surface area contributed by atoms with Crippen molar-refractivity contribution in [2.75, 3.05) is 0 Å². The summed E-state index contributed by atoms with van der Waals surface area (Å²) >= 11 is 5.80. The van der Waals surface area contributed by atoms with E-state index in [1.165, 1.54) is 29.1 Å². The fraction of sp³-hybridized carbons (Fsp3) is 0.0909. The van der Waals surface area contributed by atoms with Gasteiger partial charge >= 0.3 is 7.12 Å². The molecule has 0 bridgehead atoms. The van der Waals surface area contributed by atoms with E-state index in [1.807, 2.05) is 0 Å². The number of hydrogen-bond acceptors (Lipinski definition) is 4. The quantitative estimate of drug-likeness (QED) is 0.742. The molecule has 0 aliphatic heterocycles. The van der Waals surface area contributed by atoms with Crippen molar-refractivity contribution in [3.05, 3.63) is 57.7 Å². The average Bonchev–Trinajstić information content (AvgIpc) is 2.31. The van der Waals surface area contributed by atoms with Gasteiger partial charge in [0, 0.05) is 24.7 Å². The SMILES string of the molecule is O=c1cc(B(O)O)ccn1Cc1cncc(Cl)c1. The molecule has 0 saturated carbocycles. The summed E-state index contributed by atoms with van der Waals surface area (Å²) in [5, 5.41) is 18.4. The maximum atomic E-state index is 11.7. The van der Waals surface area contributed by atoms with Gasteiger partial charge in [-0.25, -0.2) is 0 Å². The molecule has 0 aliphatic carbocycles. The zero-order valence-electron chi connectivity index (χ0n) is 9.32. The standard InChI is InChI=1S/C11H10BClN2O3/c13-10-3-8(5-14-6-10)7-15-2-1-9(12(17)18)4-11(15)16/h1-6,17-18H,7H2. The van der Waals surface area contributed by atoms with Gasteiger partial charge < -0.3 is 14.6 Å². The van der Waals surface area contributed by atoms with Crippen LogP contribution in [0.1, 0.15) is 5.56 Å². The summed E-state index contributed by atoms with van der Waals surface area (Å²) in [4.78, 5) is 15.6. The van der Waals surface area contributed by atoms with Crippen LogP contribution in [0.4, 0.5) is 0 Å². The Morgan fingerprint density at radius 3 is 2.72 bits per heavy atom. The first kappa shape index (κ1) is 12.8. The highest BCUT2D eigenvalue weighted by atomic mass is 35.5. The van der Waals surface area contributed by atoms with Crippen LogP contribution in [0.2, 0.25) is 5.02 Å². The largest absolute Gasteiger partial charge is 0.488 e. The van der Waals surface area contributed by atoms with Crippen LogP contribution in [0, 0.1) is 0 Å². The van der Waals surface area contributed by atoms with Crippen LogP contribution in [0.3, 0.4) is 0 Å². The molecular formula is C11H10BClN2O3. The maximum absolute atomic E-state index is 11.7. The smallest absolute Gasteiger partial charge is 0.423 e. The molecule has 0 spiro atoms. The van der Waals surface area contributed by atoms with Crippen LogP contribution in [0.15, 0.2) is 41.6 Å². The second-order valence-electron chi connectivity index (χ2n) is 3.81. The predicted octanol–water partition coefficient (Wildman–Crippen LogP) is -0.375. The average molecular weight is 264 g/mol. The maximum Gasteiger partial charge on any atom is 0.488 e. The van der Waals surface area contributed by atoms with Gasteiger partial charge in [0.05, 0.1) is 11.6 Å². The van der Waals surface area contributed by atoms with E-state index in [1.54, 1.807) is 12.3 Å². The number of halogens is 1. The van der Waals surface area contributed by atoms with Crippen LogP contribution in [-0.4, -0.2) is 26.7 Å². The Morgan fingerprint density at radius 1 is 1.33 bits per heavy atom. The van der Waals surface area contributed by atoms with E-state index >= 15 is 0 Å². The second kappa shape index (κ2) is 5.35. The summed E-state index contributed by atoms with van der Waals surface area (Å²) in [6.07, 6.45) is 4.63. The summed E-state index contributed by atoms with van der Waals surface area (Å²) in [6, 6.07) is 4.38. The van der Waals surface area contributed by atoms with Gasteiger partial charge in [-0.2, -0.15) is 0 Å². The van der Waals surface area contributed by atoms with Crippen molar-refractivity contribution >= 4 is 24.2 Å². The van der Waals surface area contributed by atoms with Crippen LogP contribution < -0.4 is 11.0 Å². The van der Waals surface area contributed by atoms with E-state index < -0.39 is 7.12 Å².